The van der Waals surface area contributed by atoms with Crippen molar-refractivity contribution in [3.05, 3.63) is 59.4 Å². The molecule has 8 heteroatoms. The first-order valence-corrected chi connectivity index (χ1v) is 9.50. The van der Waals surface area contributed by atoms with Gasteiger partial charge in [-0.05, 0) is 49.7 Å². The second-order valence-corrected chi connectivity index (χ2v) is 7.33. The van der Waals surface area contributed by atoms with E-state index in [-0.39, 0.29) is 16.2 Å². The van der Waals surface area contributed by atoms with Gasteiger partial charge in [0.1, 0.15) is 11.6 Å². The van der Waals surface area contributed by atoms with E-state index in [1.807, 2.05) is 0 Å². The molecule has 140 valence electrons. The lowest BCUT2D eigenvalue weighted by Crippen LogP contribution is -2.28. The molecular weight excluding hydrogens is 359 g/mol. The highest BCUT2D eigenvalue weighted by Gasteiger charge is 2.22. The second kappa shape index (κ2) is 8.29. The summed E-state index contributed by atoms with van der Waals surface area (Å²) in [6.45, 7) is 3.81. The van der Waals surface area contributed by atoms with Crippen molar-refractivity contribution in [2.75, 3.05) is 13.7 Å². The van der Waals surface area contributed by atoms with Crippen LogP contribution < -0.4 is 14.8 Å². The van der Waals surface area contributed by atoms with Gasteiger partial charge in [0, 0.05) is 12.6 Å². The van der Waals surface area contributed by atoms with Gasteiger partial charge in [-0.3, -0.25) is 4.79 Å². The molecule has 0 aliphatic rings. The average Bonchev–Trinajstić information content (AvgIpc) is 2.61. The molecular formula is C18H21FN2O4S. The molecule has 26 heavy (non-hydrogen) atoms. The number of nitrogens with one attached hydrogen (secondary N) is 2. The summed E-state index contributed by atoms with van der Waals surface area (Å²) in [6, 6.07) is 9.04. The zero-order chi connectivity index (χ0) is 19.3. The van der Waals surface area contributed by atoms with Crippen LogP contribution in [0.2, 0.25) is 0 Å². The fourth-order valence-corrected chi connectivity index (χ4v) is 3.67. The quantitative estimate of drug-likeness (QED) is 0.773. The van der Waals surface area contributed by atoms with Crippen molar-refractivity contribution < 1.29 is 22.3 Å². The summed E-state index contributed by atoms with van der Waals surface area (Å²) >= 11 is 0. The van der Waals surface area contributed by atoms with Gasteiger partial charge in [-0.2, -0.15) is 0 Å². The van der Waals surface area contributed by atoms with Crippen LogP contribution in [0, 0.1) is 5.82 Å². The summed E-state index contributed by atoms with van der Waals surface area (Å²) in [5.41, 5.74) is 0.749. The van der Waals surface area contributed by atoms with Crippen molar-refractivity contribution in [1.29, 1.82) is 0 Å². The number of sulfonamides is 1. The largest absolute Gasteiger partial charge is 0.496 e. The molecule has 0 fully saturated rings. The van der Waals surface area contributed by atoms with Gasteiger partial charge in [0.2, 0.25) is 10.0 Å². The maximum absolute atomic E-state index is 13.0. The van der Waals surface area contributed by atoms with Crippen LogP contribution in [-0.2, 0) is 10.0 Å². The van der Waals surface area contributed by atoms with Crippen LogP contribution in [0.5, 0.6) is 5.75 Å². The first-order valence-electron chi connectivity index (χ1n) is 8.02. The topological polar surface area (TPSA) is 84.5 Å². The van der Waals surface area contributed by atoms with Crippen molar-refractivity contribution in [1.82, 2.24) is 10.0 Å². The minimum absolute atomic E-state index is 0.0616. The number of benzene rings is 2. The number of ether oxygens (including phenoxy) is 1. The molecule has 0 radical (unpaired) electrons. The smallest absolute Gasteiger partial charge is 0.255 e. The van der Waals surface area contributed by atoms with Crippen LogP contribution in [0.25, 0.3) is 0 Å². The number of carbonyl (C=O) groups excluding carboxylic acids is 1. The Morgan fingerprint density at radius 1 is 1.19 bits per heavy atom. The summed E-state index contributed by atoms with van der Waals surface area (Å²) in [6.07, 6.45) is 0. The Labute approximate surface area is 152 Å². The molecule has 0 aliphatic carbocycles. The molecule has 1 atom stereocenters. The third-order valence-electron chi connectivity index (χ3n) is 3.77. The number of methoxy groups -OCH3 is 1. The number of hydrogen-bond acceptors (Lipinski definition) is 4. The molecule has 0 heterocycles. The molecule has 0 saturated heterocycles. The molecule has 0 spiro atoms. The predicted molar refractivity (Wildman–Crippen MR) is 96.1 cm³/mol. The molecule has 1 amide bonds. The molecule has 0 saturated carbocycles. The highest BCUT2D eigenvalue weighted by atomic mass is 32.2. The standard InChI is InChI=1S/C18H21FN2O4S/c1-4-20-18(22)16-11-15(9-10-17(16)25-3)26(23,24)21-12(2)13-5-7-14(19)8-6-13/h5-12,21H,4H2,1-3H3,(H,20,22)/t12-/m0/s1. The predicted octanol–water partition coefficient (Wildman–Crippen LogP) is 2.62. The second-order valence-electron chi connectivity index (χ2n) is 5.62. The third-order valence-corrected chi connectivity index (χ3v) is 5.30. The Kier molecular flexibility index (Phi) is 6.33. The van der Waals surface area contributed by atoms with Crippen molar-refractivity contribution in [3.8, 4) is 5.75 Å². The summed E-state index contributed by atoms with van der Waals surface area (Å²) in [5.74, 6) is -0.542. The number of amides is 1. The monoisotopic (exact) mass is 380 g/mol. The minimum atomic E-state index is -3.89. The lowest BCUT2D eigenvalue weighted by Gasteiger charge is -2.16. The Morgan fingerprint density at radius 3 is 2.42 bits per heavy atom. The van der Waals surface area contributed by atoms with E-state index in [1.165, 1.54) is 49.6 Å². The molecule has 0 unspecified atom stereocenters. The number of rotatable bonds is 7. The fourth-order valence-electron chi connectivity index (χ4n) is 2.41. The summed E-state index contributed by atoms with van der Waals surface area (Å²) in [7, 11) is -2.49. The van der Waals surface area contributed by atoms with Gasteiger partial charge in [-0.15, -0.1) is 0 Å². The van der Waals surface area contributed by atoms with Gasteiger partial charge in [0.15, 0.2) is 0 Å². The first-order chi connectivity index (χ1) is 12.3. The summed E-state index contributed by atoms with van der Waals surface area (Å²) in [4.78, 5) is 12.1. The molecule has 2 aromatic rings. The number of halogens is 1. The van der Waals surface area contributed by atoms with E-state index in [9.17, 15) is 17.6 Å². The van der Waals surface area contributed by atoms with Crippen LogP contribution in [0.15, 0.2) is 47.4 Å². The molecule has 0 bridgehead atoms. The zero-order valence-electron chi connectivity index (χ0n) is 14.7. The normalized spacial score (nSPS) is 12.5. The number of carbonyl (C=O) groups is 1. The van der Waals surface area contributed by atoms with Crippen molar-refractivity contribution >= 4 is 15.9 Å². The van der Waals surface area contributed by atoms with E-state index in [1.54, 1.807) is 13.8 Å². The van der Waals surface area contributed by atoms with Crippen molar-refractivity contribution in [2.24, 2.45) is 0 Å². The van der Waals surface area contributed by atoms with Crippen LogP contribution in [0.1, 0.15) is 35.8 Å². The van der Waals surface area contributed by atoms with Crippen LogP contribution in [0.4, 0.5) is 4.39 Å². The minimum Gasteiger partial charge on any atom is -0.496 e. The Bertz CT molecular complexity index is 883. The highest BCUT2D eigenvalue weighted by molar-refractivity contribution is 7.89. The van der Waals surface area contributed by atoms with Crippen LogP contribution in [-0.4, -0.2) is 28.0 Å². The highest BCUT2D eigenvalue weighted by Crippen LogP contribution is 2.24. The van der Waals surface area contributed by atoms with Gasteiger partial charge < -0.3 is 10.1 Å². The van der Waals surface area contributed by atoms with Gasteiger partial charge in [0.05, 0.1) is 17.6 Å². The summed E-state index contributed by atoms with van der Waals surface area (Å²) in [5, 5.41) is 2.62. The van der Waals surface area contributed by atoms with Crippen LogP contribution in [0.3, 0.4) is 0 Å². The van der Waals surface area contributed by atoms with Crippen molar-refractivity contribution in [2.45, 2.75) is 24.8 Å². The summed E-state index contributed by atoms with van der Waals surface area (Å²) < 4.78 is 46.0. The zero-order valence-corrected chi connectivity index (χ0v) is 15.6. The maximum atomic E-state index is 13.0. The lowest BCUT2D eigenvalue weighted by atomic mass is 10.1. The number of hydrogen-bond donors (Lipinski definition) is 2. The maximum Gasteiger partial charge on any atom is 0.255 e. The first kappa shape index (κ1) is 19.9. The molecule has 6 nitrogen and oxygen atoms in total. The van der Waals surface area contributed by atoms with Gasteiger partial charge >= 0.3 is 0 Å². The van der Waals surface area contributed by atoms with E-state index < -0.39 is 27.8 Å². The van der Waals surface area contributed by atoms with Gasteiger partial charge in [0.25, 0.3) is 5.91 Å². The van der Waals surface area contributed by atoms with E-state index >= 15 is 0 Å². The van der Waals surface area contributed by atoms with Gasteiger partial charge in [-0.1, -0.05) is 12.1 Å². The molecule has 0 aliphatic heterocycles. The van der Waals surface area contributed by atoms with Gasteiger partial charge in [-0.25, -0.2) is 17.5 Å². The van der Waals surface area contributed by atoms with E-state index in [0.717, 1.165) is 0 Å². The Hall–Kier alpha value is -2.45. The van der Waals surface area contributed by atoms with E-state index in [4.69, 9.17) is 4.74 Å². The Morgan fingerprint density at radius 2 is 1.85 bits per heavy atom. The van der Waals surface area contributed by atoms with Crippen molar-refractivity contribution in [3.63, 3.8) is 0 Å². The molecule has 0 aromatic heterocycles. The Balaban J connectivity index is 2.31. The fraction of sp³-hybridized carbons (Fsp3) is 0.278. The van der Waals surface area contributed by atoms with E-state index in [0.29, 0.717) is 12.1 Å². The third kappa shape index (κ3) is 4.59. The van der Waals surface area contributed by atoms with Crippen LogP contribution >= 0.6 is 0 Å². The SMILES string of the molecule is CCNC(=O)c1cc(S(=O)(=O)N[C@@H](C)c2ccc(F)cc2)ccc1OC. The average molecular weight is 380 g/mol. The molecule has 2 aromatic carbocycles. The van der Waals surface area contributed by atoms with E-state index in [2.05, 4.69) is 10.0 Å². The lowest BCUT2D eigenvalue weighted by molar-refractivity contribution is 0.0952. The molecule has 2 rings (SSSR count). The molecule has 2 N–H and O–H groups in total.